The van der Waals surface area contributed by atoms with Crippen LogP contribution in [0.15, 0.2) is 12.1 Å². The molecule has 114 valence electrons. The molecule has 3 heteroatoms. The van der Waals surface area contributed by atoms with Gasteiger partial charge in [0.15, 0.2) is 11.5 Å². The van der Waals surface area contributed by atoms with Crippen LogP contribution in [0.5, 0.6) is 17.2 Å². The van der Waals surface area contributed by atoms with Crippen LogP contribution < -0.4 is 14.2 Å². The highest BCUT2D eigenvalue weighted by Gasteiger charge is 2.19. The summed E-state index contributed by atoms with van der Waals surface area (Å²) < 4.78 is 16.3. The summed E-state index contributed by atoms with van der Waals surface area (Å²) in [6, 6.07) is 4.05. The molecule has 3 nitrogen and oxygen atoms in total. The number of unbranched alkanes of at least 4 members (excludes halogenated alkanes) is 3. The van der Waals surface area contributed by atoms with Crippen LogP contribution in [0, 0.1) is 0 Å². The highest BCUT2D eigenvalue weighted by molar-refractivity contribution is 5.56. The van der Waals surface area contributed by atoms with Crippen LogP contribution in [0.1, 0.15) is 57.4 Å². The number of rotatable bonds is 9. The van der Waals surface area contributed by atoms with Crippen molar-refractivity contribution in [1.29, 1.82) is 0 Å². The molecule has 1 unspecified atom stereocenters. The lowest BCUT2D eigenvalue weighted by Gasteiger charge is -2.19. The van der Waals surface area contributed by atoms with E-state index in [4.69, 9.17) is 14.2 Å². The molecule has 1 rings (SSSR count). The molecule has 0 aromatic heterocycles. The van der Waals surface area contributed by atoms with Gasteiger partial charge in [0, 0.05) is 5.56 Å². The zero-order valence-corrected chi connectivity index (χ0v) is 13.5. The first kappa shape index (κ1) is 16.7. The van der Waals surface area contributed by atoms with Crippen LogP contribution in [0.25, 0.3) is 0 Å². The Hall–Kier alpha value is -1.38. The van der Waals surface area contributed by atoms with E-state index < -0.39 is 0 Å². The van der Waals surface area contributed by atoms with Crippen molar-refractivity contribution in [2.45, 2.75) is 51.9 Å². The Bertz CT molecular complexity index is 401. The van der Waals surface area contributed by atoms with Gasteiger partial charge in [-0.05, 0) is 18.4 Å². The van der Waals surface area contributed by atoms with Crippen LogP contribution in [0.2, 0.25) is 0 Å². The topological polar surface area (TPSA) is 27.7 Å². The minimum Gasteiger partial charge on any atom is -0.493 e. The fraction of sp³-hybridized carbons (Fsp3) is 0.647. The van der Waals surface area contributed by atoms with Crippen molar-refractivity contribution < 1.29 is 14.2 Å². The molecule has 1 atom stereocenters. The summed E-state index contributed by atoms with van der Waals surface area (Å²) >= 11 is 0. The van der Waals surface area contributed by atoms with Gasteiger partial charge >= 0.3 is 0 Å². The molecule has 0 fully saturated rings. The van der Waals surface area contributed by atoms with Gasteiger partial charge in [0.2, 0.25) is 5.75 Å². The molecule has 1 aromatic rings. The van der Waals surface area contributed by atoms with E-state index in [1.165, 1.54) is 37.7 Å². The first-order chi connectivity index (χ1) is 9.69. The average Bonchev–Trinajstić information content (AvgIpc) is 2.49. The number of hydrogen-bond donors (Lipinski definition) is 0. The Morgan fingerprint density at radius 3 is 2.15 bits per heavy atom. The van der Waals surface area contributed by atoms with Crippen molar-refractivity contribution in [2.75, 3.05) is 21.3 Å². The third-order valence-corrected chi connectivity index (χ3v) is 3.76. The summed E-state index contributed by atoms with van der Waals surface area (Å²) in [5.74, 6) is 2.66. The second-order valence-electron chi connectivity index (χ2n) is 5.17. The summed E-state index contributed by atoms with van der Waals surface area (Å²) in [6.45, 7) is 4.48. The summed E-state index contributed by atoms with van der Waals surface area (Å²) in [5.41, 5.74) is 1.20. The molecule has 0 heterocycles. The van der Waals surface area contributed by atoms with E-state index in [0.29, 0.717) is 17.4 Å². The van der Waals surface area contributed by atoms with Crippen molar-refractivity contribution in [3.8, 4) is 17.2 Å². The normalized spacial score (nSPS) is 12.1. The molecule has 0 bridgehead atoms. The van der Waals surface area contributed by atoms with Crippen LogP contribution in [0.4, 0.5) is 0 Å². The largest absolute Gasteiger partial charge is 0.493 e. The Morgan fingerprint density at radius 2 is 1.60 bits per heavy atom. The van der Waals surface area contributed by atoms with Crippen LogP contribution >= 0.6 is 0 Å². The number of methoxy groups -OCH3 is 3. The molecule has 0 radical (unpaired) electrons. The number of benzene rings is 1. The fourth-order valence-electron chi connectivity index (χ4n) is 2.55. The van der Waals surface area contributed by atoms with Gasteiger partial charge in [-0.3, -0.25) is 0 Å². The van der Waals surface area contributed by atoms with Crippen molar-refractivity contribution in [1.82, 2.24) is 0 Å². The van der Waals surface area contributed by atoms with E-state index in [0.717, 1.165) is 5.75 Å². The maximum atomic E-state index is 5.55. The van der Waals surface area contributed by atoms with Gasteiger partial charge in [-0.15, -0.1) is 0 Å². The first-order valence-electron chi connectivity index (χ1n) is 7.48. The van der Waals surface area contributed by atoms with Crippen molar-refractivity contribution in [2.24, 2.45) is 0 Å². The second-order valence-corrected chi connectivity index (χ2v) is 5.17. The van der Waals surface area contributed by atoms with Gasteiger partial charge in [0.25, 0.3) is 0 Å². The molecule has 0 saturated heterocycles. The monoisotopic (exact) mass is 280 g/mol. The standard InChI is InChI=1S/C17H28O3/c1-6-7-8-9-10-13(2)14-11-12-15(18-3)17(20-5)16(14)19-4/h11-13H,6-10H2,1-5H3. The molecule has 20 heavy (non-hydrogen) atoms. The van der Waals surface area contributed by atoms with E-state index in [9.17, 15) is 0 Å². The molecule has 0 N–H and O–H groups in total. The summed E-state index contributed by atoms with van der Waals surface area (Å²) in [4.78, 5) is 0. The number of hydrogen-bond acceptors (Lipinski definition) is 3. The van der Waals surface area contributed by atoms with Gasteiger partial charge in [-0.2, -0.15) is 0 Å². The molecule has 0 aliphatic carbocycles. The molecule has 0 saturated carbocycles. The fourth-order valence-corrected chi connectivity index (χ4v) is 2.55. The third-order valence-electron chi connectivity index (χ3n) is 3.76. The molecule has 0 aliphatic heterocycles. The maximum absolute atomic E-state index is 5.55. The second kappa shape index (κ2) is 8.72. The van der Waals surface area contributed by atoms with E-state index in [1.54, 1.807) is 21.3 Å². The Morgan fingerprint density at radius 1 is 0.900 bits per heavy atom. The summed E-state index contributed by atoms with van der Waals surface area (Å²) in [6.07, 6.45) is 6.32. The molecular formula is C17H28O3. The van der Waals surface area contributed by atoms with Gasteiger partial charge in [-0.1, -0.05) is 45.6 Å². The van der Waals surface area contributed by atoms with Gasteiger partial charge in [-0.25, -0.2) is 0 Å². The minimum atomic E-state index is 0.460. The van der Waals surface area contributed by atoms with Crippen molar-refractivity contribution in [3.05, 3.63) is 17.7 Å². The molecule has 0 aliphatic rings. The quantitative estimate of drug-likeness (QED) is 0.609. The minimum absolute atomic E-state index is 0.460. The highest BCUT2D eigenvalue weighted by Crippen LogP contribution is 2.43. The predicted molar refractivity (Wildman–Crippen MR) is 83.3 cm³/mol. The third kappa shape index (κ3) is 4.06. The van der Waals surface area contributed by atoms with Crippen molar-refractivity contribution in [3.63, 3.8) is 0 Å². The van der Waals surface area contributed by atoms with Crippen LogP contribution in [-0.2, 0) is 0 Å². The van der Waals surface area contributed by atoms with E-state index >= 15 is 0 Å². The van der Waals surface area contributed by atoms with E-state index in [-0.39, 0.29) is 0 Å². The zero-order valence-electron chi connectivity index (χ0n) is 13.5. The van der Waals surface area contributed by atoms with Crippen molar-refractivity contribution >= 4 is 0 Å². The van der Waals surface area contributed by atoms with E-state index in [1.807, 2.05) is 6.07 Å². The van der Waals surface area contributed by atoms with Crippen LogP contribution in [0.3, 0.4) is 0 Å². The lowest BCUT2D eigenvalue weighted by molar-refractivity contribution is 0.320. The predicted octanol–water partition coefficient (Wildman–Crippen LogP) is 4.79. The Kier molecular flexibility index (Phi) is 7.27. The summed E-state index contributed by atoms with van der Waals surface area (Å²) in [7, 11) is 4.98. The molecular weight excluding hydrogens is 252 g/mol. The lowest BCUT2D eigenvalue weighted by atomic mass is 9.93. The average molecular weight is 280 g/mol. The zero-order chi connectivity index (χ0) is 15.0. The van der Waals surface area contributed by atoms with Gasteiger partial charge in [0.05, 0.1) is 21.3 Å². The SMILES string of the molecule is CCCCCCC(C)c1ccc(OC)c(OC)c1OC. The number of ether oxygens (including phenoxy) is 3. The van der Waals surface area contributed by atoms with Crippen LogP contribution in [-0.4, -0.2) is 21.3 Å². The van der Waals surface area contributed by atoms with Gasteiger partial charge < -0.3 is 14.2 Å². The molecule has 0 spiro atoms. The summed E-state index contributed by atoms with van der Waals surface area (Å²) in [5, 5.41) is 0. The highest BCUT2D eigenvalue weighted by atomic mass is 16.5. The smallest absolute Gasteiger partial charge is 0.203 e. The van der Waals surface area contributed by atoms with E-state index in [2.05, 4.69) is 19.9 Å². The Balaban J connectivity index is 2.88. The molecule has 0 amide bonds. The first-order valence-corrected chi connectivity index (χ1v) is 7.48. The Labute approximate surface area is 123 Å². The maximum Gasteiger partial charge on any atom is 0.203 e. The molecule has 1 aromatic carbocycles. The van der Waals surface area contributed by atoms with Gasteiger partial charge in [0.1, 0.15) is 0 Å². The lowest BCUT2D eigenvalue weighted by Crippen LogP contribution is -2.02.